The number of hydrogen-bond donors (Lipinski definition) is 1. The van der Waals surface area contributed by atoms with Crippen LogP contribution < -0.4 is 10.2 Å². The highest BCUT2D eigenvalue weighted by Gasteiger charge is 2.51. The minimum Gasteiger partial charge on any atom is -0.444 e. The fourth-order valence-electron chi connectivity index (χ4n) is 6.25. The summed E-state index contributed by atoms with van der Waals surface area (Å²) in [7, 11) is 0. The Morgan fingerprint density at radius 2 is 1.68 bits per heavy atom. The first kappa shape index (κ1) is 26.4. The molecular formula is C29H37N3O6. The SMILES string of the molecule is Cc1ccc(C(=O)NC2CN(C(=O)OC(C)(C)C)C3(CCOCC3)C2)cc1N1C(=O)C2CC=CCC2C1=O. The van der Waals surface area contributed by atoms with Gasteiger partial charge in [0.05, 0.1) is 23.1 Å². The standard InChI is InChI=1S/C29H37N3O6/c1-18-9-10-19(15-23(18)32-25(34)21-7-5-6-8-22(21)26(32)35)24(33)30-20-16-29(11-13-37-14-12-29)31(17-20)27(36)38-28(2,3)4/h5-6,9-10,15,20-22H,7-8,11-14,16-17H2,1-4H3,(H,30,33). The molecule has 9 heteroatoms. The zero-order chi connectivity index (χ0) is 27.2. The maximum absolute atomic E-state index is 13.4. The van der Waals surface area contributed by atoms with Gasteiger partial charge in [-0.2, -0.15) is 0 Å². The Morgan fingerprint density at radius 3 is 2.29 bits per heavy atom. The maximum atomic E-state index is 13.4. The van der Waals surface area contributed by atoms with Gasteiger partial charge in [-0.05, 0) is 77.5 Å². The van der Waals surface area contributed by atoms with Crippen molar-refractivity contribution in [3.63, 3.8) is 0 Å². The van der Waals surface area contributed by atoms with Crippen LogP contribution in [-0.2, 0) is 19.1 Å². The normalized spacial score (nSPS) is 26.6. The minimum atomic E-state index is -0.624. The molecule has 3 fully saturated rings. The lowest BCUT2D eigenvalue weighted by Crippen LogP contribution is -2.52. The number of carbonyl (C=O) groups excluding carboxylic acids is 4. The number of benzene rings is 1. The van der Waals surface area contributed by atoms with Gasteiger partial charge in [-0.1, -0.05) is 18.2 Å². The Labute approximate surface area is 223 Å². The van der Waals surface area contributed by atoms with Crippen LogP contribution in [0, 0.1) is 18.8 Å². The van der Waals surface area contributed by atoms with Gasteiger partial charge in [0.25, 0.3) is 5.91 Å². The number of ether oxygens (including phenoxy) is 2. The third-order valence-electron chi connectivity index (χ3n) is 8.19. The molecule has 3 saturated heterocycles. The molecule has 4 aliphatic rings. The molecule has 0 aromatic heterocycles. The van der Waals surface area contributed by atoms with Gasteiger partial charge < -0.3 is 19.7 Å². The Balaban J connectivity index is 1.34. The molecule has 4 amide bonds. The van der Waals surface area contributed by atoms with E-state index in [4.69, 9.17) is 9.47 Å². The van der Waals surface area contributed by atoms with Crippen molar-refractivity contribution in [2.45, 2.75) is 77.0 Å². The van der Waals surface area contributed by atoms with E-state index in [1.54, 1.807) is 23.1 Å². The fraction of sp³-hybridized carbons (Fsp3) is 0.586. The first-order chi connectivity index (χ1) is 18.0. The number of rotatable bonds is 3. The Bertz CT molecular complexity index is 1150. The first-order valence-electron chi connectivity index (χ1n) is 13.5. The van der Waals surface area contributed by atoms with Crippen molar-refractivity contribution >= 4 is 29.5 Å². The summed E-state index contributed by atoms with van der Waals surface area (Å²) >= 11 is 0. The number of hydrogen-bond acceptors (Lipinski definition) is 6. The van der Waals surface area contributed by atoms with Crippen LogP contribution in [-0.4, -0.2) is 65.7 Å². The van der Waals surface area contributed by atoms with Crippen LogP contribution >= 0.6 is 0 Å². The lowest BCUT2D eigenvalue weighted by Gasteiger charge is -2.41. The van der Waals surface area contributed by atoms with Crippen LogP contribution in [0.15, 0.2) is 30.4 Å². The number of nitrogens with one attached hydrogen (secondary N) is 1. The van der Waals surface area contributed by atoms with Crippen LogP contribution in [0.2, 0.25) is 0 Å². The second kappa shape index (κ2) is 9.84. The number of allylic oxidation sites excluding steroid dienone is 2. The van der Waals surface area contributed by atoms with Crippen LogP contribution in [0.4, 0.5) is 10.5 Å². The van der Waals surface area contributed by atoms with Crippen molar-refractivity contribution in [2.24, 2.45) is 11.8 Å². The Morgan fingerprint density at radius 1 is 1.05 bits per heavy atom. The molecule has 1 aromatic rings. The van der Waals surface area contributed by atoms with E-state index >= 15 is 0 Å². The van der Waals surface area contributed by atoms with Gasteiger partial charge in [0.2, 0.25) is 11.8 Å². The topological polar surface area (TPSA) is 105 Å². The van der Waals surface area contributed by atoms with Crippen LogP contribution in [0.1, 0.15) is 68.8 Å². The summed E-state index contributed by atoms with van der Waals surface area (Å²) in [5.41, 5.74) is 0.546. The van der Waals surface area contributed by atoms with Gasteiger partial charge >= 0.3 is 6.09 Å². The summed E-state index contributed by atoms with van der Waals surface area (Å²) < 4.78 is 11.3. The Hall–Kier alpha value is -3.20. The molecule has 0 bridgehead atoms. The molecule has 3 unspecified atom stereocenters. The lowest BCUT2D eigenvalue weighted by atomic mass is 9.85. The van der Waals surface area contributed by atoms with E-state index in [1.807, 2.05) is 39.8 Å². The summed E-state index contributed by atoms with van der Waals surface area (Å²) in [4.78, 5) is 55.8. The lowest BCUT2D eigenvalue weighted by molar-refractivity contribution is -0.122. The second-order valence-corrected chi connectivity index (χ2v) is 12.0. The summed E-state index contributed by atoms with van der Waals surface area (Å²) in [5, 5.41) is 3.10. The molecule has 204 valence electrons. The Kier molecular flexibility index (Phi) is 6.84. The van der Waals surface area contributed by atoms with Gasteiger partial charge in [0.15, 0.2) is 0 Å². The number of imide groups is 1. The van der Waals surface area contributed by atoms with Gasteiger partial charge in [-0.3, -0.25) is 14.4 Å². The van der Waals surface area contributed by atoms with Crippen molar-refractivity contribution in [1.29, 1.82) is 0 Å². The maximum Gasteiger partial charge on any atom is 0.410 e. The van der Waals surface area contributed by atoms with E-state index in [2.05, 4.69) is 5.32 Å². The molecule has 5 rings (SSSR count). The highest BCUT2D eigenvalue weighted by molar-refractivity contribution is 6.22. The summed E-state index contributed by atoms with van der Waals surface area (Å²) in [6, 6.07) is 4.85. The van der Waals surface area contributed by atoms with Crippen molar-refractivity contribution in [1.82, 2.24) is 10.2 Å². The number of amides is 4. The molecule has 0 saturated carbocycles. The molecule has 9 nitrogen and oxygen atoms in total. The smallest absolute Gasteiger partial charge is 0.410 e. The van der Waals surface area contributed by atoms with Crippen molar-refractivity contribution < 1.29 is 28.7 Å². The van der Waals surface area contributed by atoms with Crippen LogP contribution in [0.5, 0.6) is 0 Å². The summed E-state index contributed by atoms with van der Waals surface area (Å²) in [6.45, 7) is 8.81. The summed E-state index contributed by atoms with van der Waals surface area (Å²) in [5.74, 6) is -1.37. The van der Waals surface area contributed by atoms with E-state index in [0.29, 0.717) is 63.1 Å². The third-order valence-corrected chi connectivity index (χ3v) is 8.19. The predicted octanol–water partition coefficient (Wildman–Crippen LogP) is 3.74. The van der Waals surface area contributed by atoms with E-state index < -0.39 is 11.1 Å². The predicted molar refractivity (Wildman–Crippen MR) is 141 cm³/mol. The van der Waals surface area contributed by atoms with Gasteiger partial charge in [-0.25, -0.2) is 9.69 Å². The molecule has 3 atom stereocenters. The third kappa shape index (κ3) is 4.84. The van der Waals surface area contributed by atoms with E-state index in [0.717, 1.165) is 5.56 Å². The van der Waals surface area contributed by atoms with Crippen molar-refractivity contribution in [2.75, 3.05) is 24.7 Å². The quantitative estimate of drug-likeness (QED) is 0.478. The number of anilines is 1. The zero-order valence-electron chi connectivity index (χ0n) is 22.6. The van der Waals surface area contributed by atoms with E-state index in [1.165, 1.54) is 4.90 Å². The average molecular weight is 524 g/mol. The number of carbonyl (C=O) groups is 4. The number of likely N-dealkylation sites (tertiary alicyclic amines) is 1. The highest BCUT2D eigenvalue weighted by Crippen LogP contribution is 2.40. The molecule has 1 spiro atoms. The average Bonchev–Trinajstić information content (AvgIpc) is 3.33. The van der Waals surface area contributed by atoms with E-state index in [9.17, 15) is 19.2 Å². The van der Waals surface area contributed by atoms with Crippen molar-refractivity contribution in [3.8, 4) is 0 Å². The second-order valence-electron chi connectivity index (χ2n) is 12.0. The molecule has 1 aliphatic carbocycles. The summed E-state index contributed by atoms with van der Waals surface area (Å²) in [6.07, 6.45) is 6.64. The molecular weight excluding hydrogens is 486 g/mol. The largest absolute Gasteiger partial charge is 0.444 e. The molecule has 1 aromatic carbocycles. The van der Waals surface area contributed by atoms with Crippen LogP contribution in [0.25, 0.3) is 0 Å². The first-order valence-corrected chi connectivity index (χ1v) is 13.5. The fourth-order valence-corrected chi connectivity index (χ4v) is 6.25. The van der Waals surface area contributed by atoms with E-state index in [-0.39, 0.29) is 41.7 Å². The minimum absolute atomic E-state index is 0.199. The van der Waals surface area contributed by atoms with Crippen molar-refractivity contribution in [3.05, 3.63) is 41.5 Å². The number of fused-ring (bicyclic) bond motifs is 1. The molecule has 3 heterocycles. The molecule has 1 N–H and O–H groups in total. The van der Waals surface area contributed by atoms with Gasteiger partial charge in [0, 0.05) is 31.4 Å². The van der Waals surface area contributed by atoms with Crippen LogP contribution in [0.3, 0.4) is 0 Å². The number of nitrogens with zero attached hydrogens (tertiary/aromatic N) is 2. The number of aryl methyl sites for hydroxylation is 1. The van der Waals surface area contributed by atoms with Gasteiger partial charge in [0.1, 0.15) is 5.60 Å². The highest BCUT2D eigenvalue weighted by atomic mass is 16.6. The monoisotopic (exact) mass is 523 g/mol. The van der Waals surface area contributed by atoms with Gasteiger partial charge in [-0.15, -0.1) is 0 Å². The molecule has 38 heavy (non-hydrogen) atoms. The molecule has 3 aliphatic heterocycles. The molecule has 0 radical (unpaired) electrons. The zero-order valence-corrected chi connectivity index (χ0v) is 22.6.